The van der Waals surface area contributed by atoms with Crippen molar-refractivity contribution < 1.29 is 13.2 Å². The first-order valence-electron chi connectivity index (χ1n) is 9.04. The van der Waals surface area contributed by atoms with Crippen molar-refractivity contribution in [2.75, 3.05) is 18.4 Å². The Morgan fingerprint density at radius 2 is 1.89 bits per heavy atom. The number of nitrogens with zero attached hydrogens (tertiary/aromatic N) is 1. The van der Waals surface area contributed by atoms with E-state index in [0.717, 1.165) is 36.1 Å². The highest BCUT2D eigenvalue weighted by Gasteiger charge is 2.29. The fourth-order valence-corrected chi connectivity index (χ4v) is 5.32. The number of benzene rings is 2. The molecule has 1 heterocycles. The summed E-state index contributed by atoms with van der Waals surface area (Å²) in [5, 5.41) is 3.05. The third-order valence-corrected chi connectivity index (χ3v) is 7.23. The molecule has 3 rings (SSSR count). The van der Waals surface area contributed by atoms with E-state index < -0.39 is 10.0 Å². The zero-order valence-electron chi connectivity index (χ0n) is 15.5. The van der Waals surface area contributed by atoms with Gasteiger partial charge in [0.25, 0.3) is 5.91 Å². The van der Waals surface area contributed by atoms with E-state index in [1.54, 1.807) is 6.07 Å². The van der Waals surface area contributed by atoms with Gasteiger partial charge in [-0.3, -0.25) is 4.79 Å². The van der Waals surface area contributed by atoms with Crippen molar-refractivity contribution in [3.05, 3.63) is 58.1 Å². The summed E-state index contributed by atoms with van der Waals surface area (Å²) in [5.41, 5.74) is 3.02. The molecule has 1 aliphatic rings. The molecule has 0 aliphatic carbocycles. The minimum absolute atomic E-state index is 0.0146. The monoisotopic (exact) mass is 406 g/mol. The van der Waals surface area contributed by atoms with Crippen LogP contribution in [0.15, 0.2) is 41.3 Å². The molecule has 2 aromatic rings. The highest BCUT2D eigenvalue weighted by Crippen LogP contribution is 2.29. The van der Waals surface area contributed by atoms with E-state index in [0.29, 0.717) is 13.1 Å². The van der Waals surface area contributed by atoms with Gasteiger partial charge in [0.05, 0.1) is 5.02 Å². The third-order valence-electron chi connectivity index (χ3n) is 4.85. The molecule has 27 heavy (non-hydrogen) atoms. The first kappa shape index (κ1) is 19.9. The van der Waals surface area contributed by atoms with Crippen molar-refractivity contribution in [1.29, 1.82) is 0 Å². The van der Waals surface area contributed by atoms with Crippen LogP contribution in [0.25, 0.3) is 0 Å². The normalized spacial score (nSPS) is 15.1. The molecule has 0 bridgehead atoms. The lowest BCUT2D eigenvalue weighted by molar-refractivity contribution is 0.102. The first-order valence-corrected chi connectivity index (χ1v) is 10.9. The molecule has 144 valence electrons. The molecule has 0 aromatic heterocycles. The van der Waals surface area contributed by atoms with Crippen LogP contribution in [0.5, 0.6) is 0 Å². The topological polar surface area (TPSA) is 66.5 Å². The van der Waals surface area contributed by atoms with E-state index in [4.69, 9.17) is 11.6 Å². The van der Waals surface area contributed by atoms with Crippen molar-refractivity contribution in [1.82, 2.24) is 4.31 Å². The van der Waals surface area contributed by atoms with E-state index >= 15 is 0 Å². The number of hydrogen-bond acceptors (Lipinski definition) is 3. The summed E-state index contributed by atoms with van der Waals surface area (Å²) in [6.07, 6.45) is 2.46. The maximum Gasteiger partial charge on any atom is 0.255 e. The molecule has 1 amide bonds. The Morgan fingerprint density at radius 1 is 1.19 bits per heavy atom. The van der Waals surface area contributed by atoms with Crippen molar-refractivity contribution in [2.24, 2.45) is 0 Å². The molecule has 0 atom stereocenters. The minimum atomic E-state index is -3.70. The zero-order chi connectivity index (χ0) is 19.6. The van der Waals surface area contributed by atoms with Crippen LogP contribution in [-0.4, -0.2) is 31.7 Å². The molecular weight excluding hydrogens is 384 g/mol. The third kappa shape index (κ3) is 4.03. The van der Waals surface area contributed by atoms with E-state index in [2.05, 4.69) is 5.32 Å². The fourth-order valence-electron chi connectivity index (χ4n) is 3.30. The van der Waals surface area contributed by atoms with Gasteiger partial charge >= 0.3 is 0 Å². The number of hydrogen-bond donors (Lipinski definition) is 1. The van der Waals surface area contributed by atoms with Crippen LogP contribution in [0.4, 0.5) is 5.69 Å². The molecule has 0 radical (unpaired) electrons. The highest BCUT2D eigenvalue weighted by atomic mass is 35.5. The largest absolute Gasteiger partial charge is 0.321 e. The van der Waals surface area contributed by atoms with Gasteiger partial charge in [-0.1, -0.05) is 36.7 Å². The molecule has 1 aliphatic heterocycles. The van der Waals surface area contributed by atoms with E-state index in [-0.39, 0.29) is 21.4 Å². The quantitative estimate of drug-likeness (QED) is 0.807. The van der Waals surface area contributed by atoms with Gasteiger partial charge in [0, 0.05) is 24.3 Å². The van der Waals surface area contributed by atoms with Gasteiger partial charge in [-0.15, -0.1) is 0 Å². The number of para-hydroxylation sites is 1. The second-order valence-corrected chi connectivity index (χ2v) is 8.99. The number of carbonyl (C=O) groups is 1. The molecule has 1 saturated heterocycles. The molecular formula is C20H23ClN2O3S. The van der Waals surface area contributed by atoms with Gasteiger partial charge in [0.1, 0.15) is 4.90 Å². The number of anilines is 1. The number of sulfonamides is 1. The van der Waals surface area contributed by atoms with Crippen molar-refractivity contribution in [3.63, 3.8) is 0 Å². The predicted molar refractivity (Wildman–Crippen MR) is 108 cm³/mol. The molecule has 0 spiro atoms. The summed E-state index contributed by atoms with van der Waals surface area (Å²) in [7, 11) is -3.70. The Bertz CT molecular complexity index is 967. The summed E-state index contributed by atoms with van der Waals surface area (Å²) in [6, 6.07) is 10.2. The van der Waals surface area contributed by atoms with Crippen LogP contribution in [0.1, 0.15) is 41.3 Å². The molecule has 0 saturated carbocycles. The van der Waals surface area contributed by atoms with Gasteiger partial charge in [-0.2, -0.15) is 4.31 Å². The highest BCUT2D eigenvalue weighted by molar-refractivity contribution is 7.89. The standard InChI is InChI=1S/C20H23ClN2O3S/c1-3-15-8-6-7-14(2)19(15)22-20(24)16-9-10-17(21)18(13-16)27(25,26)23-11-4-5-12-23/h6-10,13H,3-5,11-12H2,1-2H3,(H,22,24). The maximum atomic E-state index is 12.9. The number of rotatable bonds is 5. The molecule has 1 N–H and O–H groups in total. The Hall–Kier alpha value is -1.89. The predicted octanol–water partition coefficient (Wildman–Crippen LogP) is 4.25. The van der Waals surface area contributed by atoms with E-state index in [1.165, 1.54) is 16.4 Å². The summed E-state index contributed by atoms with van der Waals surface area (Å²) in [6.45, 7) is 4.92. The van der Waals surface area contributed by atoms with Gasteiger partial charge in [0.15, 0.2) is 0 Å². The number of carbonyl (C=O) groups excluding carboxylic acids is 1. The lowest BCUT2D eigenvalue weighted by atomic mass is 10.1. The van der Waals surface area contributed by atoms with Gasteiger partial charge in [0.2, 0.25) is 10.0 Å². The van der Waals surface area contributed by atoms with Crippen LogP contribution < -0.4 is 5.32 Å². The Kier molecular flexibility index (Phi) is 5.89. The molecule has 0 unspecified atom stereocenters. The summed E-state index contributed by atoms with van der Waals surface area (Å²) in [5.74, 6) is -0.353. The Labute approximate surface area is 165 Å². The summed E-state index contributed by atoms with van der Waals surface area (Å²) >= 11 is 6.16. The first-order chi connectivity index (χ1) is 12.8. The van der Waals surface area contributed by atoms with Crippen molar-refractivity contribution in [3.8, 4) is 0 Å². The Morgan fingerprint density at radius 3 is 2.56 bits per heavy atom. The average Bonchev–Trinajstić information content (AvgIpc) is 3.19. The maximum absolute atomic E-state index is 12.9. The van der Waals surface area contributed by atoms with Crippen LogP contribution in [0.2, 0.25) is 5.02 Å². The summed E-state index contributed by atoms with van der Waals surface area (Å²) in [4.78, 5) is 12.8. The molecule has 7 heteroatoms. The molecule has 2 aromatic carbocycles. The van der Waals surface area contributed by atoms with Crippen molar-refractivity contribution >= 4 is 33.2 Å². The van der Waals surface area contributed by atoms with Crippen LogP contribution in [-0.2, 0) is 16.4 Å². The van der Waals surface area contributed by atoms with E-state index in [9.17, 15) is 13.2 Å². The second kappa shape index (κ2) is 8.00. The summed E-state index contributed by atoms with van der Waals surface area (Å²) < 4.78 is 27.1. The number of halogens is 1. The number of amides is 1. The second-order valence-electron chi connectivity index (χ2n) is 6.67. The van der Waals surface area contributed by atoms with Crippen LogP contribution in [0.3, 0.4) is 0 Å². The molecule has 5 nitrogen and oxygen atoms in total. The van der Waals surface area contributed by atoms with Crippen molar-refractivity contribution in [2.45, 2.75) is 38.0 Å². The lowest BCUT2D eigenvalue weighted by Crippen LogP contribution is -2.28. The Balaban J connectivity index is 1.93. The lowest BCUT2D eigenvalue weighted by Gasteiger charge is -2.17. The van der Waals surface area contributed by atoms with Gasteiger partial charge in [-0.05, 0) is 55.5 Å². The molecule has 1 fully saturated rings. The van der Waals surface area contributed by atoms with Gasteiger partial charge < -0.3 is 5.32 Å². The zero-order valence-corrected chi connectivity index (χ0v) is 17.0. The van der Waals surface area contributed by atoms with Crippen LogP contribution in [0, 0.1) is 6.92 Å². The fraction of sp³-hybridized carbons (Fsp3) is 0.350. The van der Waals surface area contributed by atoms with E-state index in [1.807, 2.05) is 32.0 Å². The van der Waals surface area contributed by atoms with Crippen LogP contribution >= 0.6 is 11.6 Å². The number of nitrogens with one attached hydrogen (secondary N) is 1. The van der Waals surface area contributed by atoms with Gasteiger partial charge in [-0.25, -0.2) is 8.42 Å². The SMILES string of the molecule is CCc1cccc(C)c1NC(=O)c1ccc(Cl)c(S(=O)(=O)N2CCCC2)c1. The number of aryl methyl sites for hydroxylation is 2. The smallest absolute Gasteiger partial charge is 0.255 e. The average molecular weight is 407 g/mol. The minimum Gasteiger partial charge on any atom is -0.321 e.